The maximum atomic E-state index is 12.4. The Bertz CT molecular complexity index is 702. The summed E-state index contributed by atoms with van der Waals surface area (Å²) in [7, 11) is 0. The van der Waals surface area contributed by atoms with Crippen molar-refractivity contribution < 1.29 is 39.5 Å². The Kier molecular flexibility index (Phi) is 12.1. The minimum atomic E-state index is -1.50. The highest BCUT2D eigenvalue weighted by Gasteiger charge is 2.37. The van der Waals surface area contributed by atoms with Crippen LogP contribution in [0.1, 0.15) is 47.0 Å². The third-order valence-electron chi connectivity index (χ3n) is 5.05. The smallest absolute Gasteiger partial charge is 0.333 e. The Morgan fingerprint density at radius 2 is 1.94 bits per heavy atom. The summed E-state index contributed by atoms with van der Waals surface area (Å²) in [6.45, 7) is 6.54. The quantitative estimate of drug-likeness (QED) is 0.162. The van der Waals surface area contributed by atoms with E-state index < -0.39 is 48.7 Å². The summed E-state index contributed by atoms with van der Waals surface area (Å²) in [5, 5.41) is 40.9. The van der Waals surface area contributed by atoms with E-state index in [1.165, 1.54) is 6.92 Å². The number of hydrogen-bond acceptors (Lipinski definition) is 9. The zero-order valence-electron chi connectivity index (χ0n) is 19.1. The molecule has 182 valence electrons. The predicted molar refractivity (Wildman–Crippen MR) is 118 cm³/mol. The van der Waals surface area contributed by atoms with E-state index in [2.05, 4.69) is 10.3 Å². The Morgan fingerprint density at radius 1 is 1.28 bits per heavy atom. The van der Waals surface area contributed by atoms with E-state index in [4.69, 9.17) is 14.6 Å². The number of aliphatic imine (C=N–C) groups is 1. The molecule has 2 unspecified atom stereocenters. The zero-order chi connectivity index (χ0) is 24.3. The summed E-state index contributed by atoms with van der Waals surface area (Å²) in [5.41, 5.74) is 0.353. The Hall–Kier alpha value is -2.27. The van der Waals surface area contributed by atoms with Crippen molar-refractivity contribution in [1.29, 1.82) is 0 Å². The van der Waals surface area contributed by atoms with Crippen LogP contribution in [0.25, 0.3) is 0 Å². The van der Waals surface area contributed by atoms with Gasteiger partial charge in [0.05, 0.1) is 43.7 Å². The first kappa shape index (κ1) is 27.8. The number of hydrogen-bond donors (Lipinski definition) is 5. The number of aliphatic hydroxyl groups is 4. The summed E-state index contributed by atoms with van der Waals surface area (Å²) < 4.78 is 11.3. The van der Waals surface area contributed by atoms with E-state index in [0.29, 0.717) is 5.57 Å². The van der Waals surface area contributed by atoms with Crippen LogP contribution in [0.15, 0.2) is 28.5 Å². The number of nitrogens with zero attached hydrogens (tertiary/aromatic N) is 1. The molecule has 5 atom stereocenters. The van der Waals surface area contributed by atoms with Crippen LogP contribution in [0.2, 0.25) is 0 Å². The summed E-state index contributed by atoms with van der Waals surface area (Å²) in [4.78, 5) is 28.6. The lowest BCUT2D eigenvalue weighted by Crippen LogP contribution is -2.53. The van der Waals surface area contributed by atoms with Crippen molar-refractivity contribution in [2.75, 3.05) is 13.2 Å². The van der Waals surface area contributed by atoms with Gasteiger partial charge in [0.1, 0.15) is 18.0 Å². The lowest BCUT2D eigenvalue weighted by molar-refractivity contribution is -0.139. The van der Waals surface area contributed by atoms with Crippen LogP contribution in [-0.4, -0.2) is 88.2 Å². The van der Waals surface area contributed by atoms with Crippen LogP contribution in [-0.2, 0) is 19.1 Å². The molecule has 0 bridgehead atoms. The number of aliphatic hydroxyl groups excluding tert-OH is 4. The molecule has 32 heavy (non-hydrogen) atoms. The van der Waals surface area contributed by atoms with Crippen LogP contribution in [0.4, 0.5) is 0 Å². The molecular formula is C22H36N2O8. The first-order valence-corrected chi connectivity index (χ1v) is 10.9. The van der Waals surface area contributed by atoms with Crippen molar-refractivity contribution in [3.63, 3.8) is 0 Å². The summed E-state index contributed by atoms with van der Waals surface area (Å²) in [6.07, 6.45) is 1.58. The van der Waals surface area contributed by atoms with E-state index in [1.54, 1.807) is 13.0 Å². The van der Waals surface area contributed by atoms with Crippen molar-refractivity contribution in [3.05, 3.63) is 23.5 Å². The van der Waals surface area contributed by atoms with Crippen LogP contribution < -0.4 is 5.32 Å². The van der Waals surface area contributed by atoms with E-state index in [9.17, 15) is 24.9 Å². The molecule has 0 spiro atoms. The average Bonchev–Trinajstić information content (AvgIpc) is 2.76. The molecule has 5 N–H and O–H groups in total. The van der Waals surface area contributed by atoms with E-state index in [-0.39, 0.29) is 25.0 Å². The summed E-state index contributed by atoms with van der Waals surface area (Å²) in [6, 6.07) is -1.28. The van der Waals surface area contributed by atoms with Gasteiger partial charge in [-0.25, -0.2) is 4.79 Å². The van der Waals surface area contributed by atoms with Gasteiger partial charge in [-0.2, -0.15) is 0 Å². The highest BCUT2D eigenvalue weighted by atomic mass is 16.5. The number of rotatable bonds is 12. The zero-order valence-corrected chi connectivity index (χ0v) is 19.1. The lowest BCUT2D eigenvalue weighted by Gasteiger charge is -2.36. The van der Waals surface area contributed by atoms with Gasteiger partial charge < -0.3 is 35.2 Å². The van der Waals surface area contributed by atoms with Crippen LogP contribution in [0, 0.1) is 0 Å². The molecule has 10 nitrogen and oxygen atoms in total. The topological polar surface area (TPSA) is 158 Å². The summed E-state index contributed by atoms with van der Waals surface area (Å²) >= 11 is 0. The normalized spacial score (nSPS) is 23.7. The van der Waals surface area contributed by atoms with Gasteiger partial charge in [-0.15, -0.1) is 0 Å². The molecule has 0 aromatic heterocycles. The fourth-order valence-electron chi connectivity index (χ4n) is 3.31. The molecular weight excluding hydrogens is 420 g/mol. The predicted octanol–water partition coefficient (Wildman–Crippen LogP) is 0.554. The van der Waals surface area contributed by atoms with Gasteiger partial charge in [-0.05, 0) is 31.9 Å². The second kappa shape index (κ2) is 14.0. The minimum absolute atomic E-state index is 0.0953. The van der Waals surface area contributed by atoms with Crippen molar-refractivity contribution in [3.8, 4) is 0 Å². The highest BCUT2D eigenvalue weighted by Crippen LogP contribution is 2.27. The molecule has 0 aliphatic heterocycles. The largest absolute Gasteiger partial charge is 0.507 e. The van der Waals surface area contributed by atoms with Gasteiger partial charge >= 0.3 is 5.97 Å². The van der Waals surface area contributed by atoms with Gasteiger partial charge in [-0.3, -0.25) is 9.79 Å². The standard InChI is InChI=1S/C22H36N2O8/c1-5-16(6-2)32-20-9-14(22(30)31-7-3)8-17(21(20)24-13(4)26)23-11-15(27)10-18(28)19(29)12-25/h9-11,16-21,25,27-29H,5-8,12H2,1-4H3,(H,24,26)/b15-10-,23-11?/t17-,18?,19?,20+,21+/m0/s1. The van der Waals surface area contributed by atoms with Gasteiger partial charge in [0.25, 0.3) is 0 Å². The molecule has 1 rings (SSSR count). The lowest BCUT2D eigenvalue weighted by atomic mass is 9.87. The maximum Gasteiger partial charge on any atom is 0.333 e. The number of allylic oxidation sites excluding steroid dienone is 1. The Labute approximate surface area is 188 Å². The third-order valence-corrected chi connectivity index (χ3v) is 5.05. The molecule has 1 amide bonds. The second-order valence-electron chi connectivity index (χ2n) is 7.56. The Balaban J connectivity index is 3.26. The minimum Gasteiger partial charge on any atom is -0.507 e. The van der Waals surface area contributed by atoms with Crippen LogP contribution >= 0.6 is 0 Å². The maximum absolute atomic E-state index is 12.4. The number of esters is 1. The number of amides is 1. The van der Waals surface area contributed by atoms with Crippen molar-refractivity contribution in [2.24, 2.45) is 4.99 Å². The first-order valence-electron chi connectivity index (χ1n) is 10.9. The fourth-order valence-corrected chi connectivity index (χ4v) is 3.31. The van der Waals surface area contributed by atoms with Gasteiger partial charge in [0.15, 0.2) is 0 Å². The second-order valence-corrected chi connectivity index (χ2v) is 7.56. The van der Waals surface area contributed by atoms with Crippen LogP contribution in [0.5, 0.6) is 0 Å². The van der Waals surface area contributed by atoms with Crippen molar-refractivity contribution in [2.45, 2.75) is 83.5 Å². The molecule has 0 aromatic rings. The van der Waals surface area contributed by atoms with E-state index in [0.717, 1.165) is 25.1 Å². The van der Waals surface area contributed by atoms with Crippen molar-refractivity contribution in [1.82, 2.24) is 5.32 Å². The number of carbonyl (C=O) groups is 2. The first-order chi connectivity index (χ1) is 15.2. The van der Waals surface area contributed by atoms with Gasteiger partial charge in [0, 0.05) is 18.9 Å². The molecule has 0 fully saturated rings. The third kappa shape index (κ3) is 8.70. The van der Waals surface area contributed by atoms with Crippen LogP contribution in [0.3, 0.4) is 0 Å². The number of carbonyl (C=O) groups excluding carboxylic acids is 2. The highest BCUT2D eigenvalue weighted by molar-refractivity contribution is 5.89. The summed E-state index contributed by atoms with van der Waals surface area (Å²) in [5.74, 6) is -1.26. The number of ether oxygens (including phenoxy) is 2. The SMILES string of the molecule is CCOC(=O)C1=C[C@@H](OC(CC)CC)[C@H](NC(C)=O)[C@@H](N=C/C(O)=C/C(O)C(O)CO)C1. The number of nitrogens with one attached hydrogen (secondary N) is 1. The van der Waals surface area contributed by atoms with Gasteiger partial charge in [-0.1, -0.05) is 13.8 Å². The van der Waals surface area contributed by atoms with E-state index >= 15 is 0 Å². The fraction of sp³-hybridized carbons (Fsp3) is 0.682. The monoisotopic (exact) mass is 456 g/mol. The molecule has 0 radical (unpaired) electrons. The molecule has 1 aliphatic rings. The molecule has 0 aromatic carbocycles. The van der Waals surface area contributed by atoms with Crippen molar-refractivity contribution >= 4 is 18.1 Å². The Morgan fingerprint density at radius 3 is 2.47 bits per heavy atom. The molecule has 0 heterocycles. The molecule has 1 aliphatic carbocycles. The van der Waals surface area contributed by atoms with E-state index in [1.807, 2.05) is 13.8 Å². The molecule has 0 saturated carbocycles. The molecule has 0 saturated heterocycles. The molecule has 10 heteroatoms. The van der Waals surface area contributed by atoms with Gasteiger partial charge in [0.2, 0.25) is 5.91 Å². The average molecular weight is 457 g/mol.